The SMILES string of the molecule is C=C(C)CCC(=O)c1cc2c(F)c(OCC(=C)COc3c(OC)cc4sc(C(=O)CCC(C)=O)cc4c3F)c(OC)cc2s1. The molecule has 2 aromatic heterocycles. The Morgan fingerprint density at radius 2 is 1.14 bits per heavy atom. The molecule has 0 aliphatic rings. The molecule has 2 heterocycles. The van der Waals surface area contributed by atoms with Crippen molar-refractivity contribution in [1.82, 2.24) is 0 Å². The number of fused-ring (bicyclic) bond motifs is 2. The predicted octanol–water partition coefficient (Wildman–Crippen LogP) is 8.52. The normalized spacial score (nSPS) is 11.0. The minimum absolute atomic E-state index is 0.0452. The molecule has 0 fully saturated rings. The molecule has 11 heteroatoms. The first kappa shape index (κ1) is 32.8. The molecule has 44 heavy (non-hydrogen) atoms. The van der Waals surface area contributed by atoms with Gasteiger partial charge in [-0.25, -0.2) is 8.78 Å². The van der Waals surface area contributed by atoms with E-state index in [2.05, 4.69) is 13.2 Å². The molecule has 232 valence electrons. The summed E-state index contributed by atoms with van der Waals surface area (Å²) in [6.45, 7) is 10.6. The van der Waals surface area contributed by atoms with E-state index in [1.165, 1.54) is 44.6 Å². The maximum absolute atomic E-state index is 15.6. The summed E-state index contributed by atoms with van der Waals surface area (Å²) < 4.78 is 54.3. The van der Waals surface area contributed by atoms with E-state index < -0.39 is 11.6 Å². The summed E-state index contributed by atoms with van der Waals surface area (Å²) in [7, 11) is 2.75. The van der Waals surface area contributed by atoms with Crippen LogP contribution in [-0.2, 0) is 4.79 Å². The molecule has 0 radical (unpaired) electrons. The third-order valence-corrected chi connectivity index (χ3v) is 8.93. The van der Waals surface area contributed by atoms with Gasteiger partial charge in [0.05, 0.1) is 24.0 Å². The number of ketones is 3. The lowest BCUT2D eigenvalue weighted by molar-refractivity contribution is -0.117. The molecular weight excluding hydrogens is 610 g/mol. The summed E-state index contributed by atoms with van der Waals surface area (Å²) in [4.78, 5) is 37.1. The van der Waals surface area contributed by atoms with Gasteiger partial charge in [0.2, 0.25) is 0 Å². The number of Topliss-reactive ketones (excluding diaryl/α,β-unsaturated/α-hetero) is 3. The maximum Gasteiger partial charge on any atom is 0.198 e. The fraction of sp³-hybridized carbons (Fsp3) is 0.303. The average Bonchev–Trinajstić information content (AvgIpc) is 3.62. The number of ether oxygens (including phenoxy) is 4. The lowest BCUT2D eigenvalue weighted by Gasteiger charge is -2.15. The molecule has 0 saturated carbocycles. The number of carbonyl (C=O) groups is 3. The lowest BCUT2D eigenvalue weighted by atomic mass is 10.1. The van der Waals surface area contributed by atoms with Gasteiger partial charge >= 0.3 is 0 Å². The van der Waals surface area contributed by atoms with Crippen LogP contribution in [0.4, 0.5) is 8.78 Å². The highest BCUT2D eigenvalue weighted by atomic mass is 32.1. The molecule has 0 aliphatic heterocycles. The second kappa shape index (κ2) is 14.1. The third kappa shape index (κ3) is 7.34. The van der Waals surface area contributed by atoms with E-state index in [1.54, 1.807) is 12.1 Å². The van der Waals surface area contributed by atoms with Gasteiger partial charge in [-0.05, 0) is 38.0 Å². The average molecular weight is 643 g/mol. The summed E-state index contributed by atoms with van der Waals surface area (Å²) in [5.74, 6) is -1.88. The van der Waals surface area contributed by atoms with Gasteiger partial charge in [-0.2, -0.15) is 0 Å². The number of hydrogen-bond acceptors (Lipinski definition) is 9. The van der Waals surface area contributed by atoms with E-state index in [1.807, 2.05) is 6.92 Å². The van der Waals surface area contributed by atoms with Gasteiger partial charge in [-0.1, -0.05) is 12.2 Å². The van der Waals surface area contributed by atoms with Crippen LogP contribution in [0.2, 0.25) is 0 Å². The fourth-order valence-electron chi connectivity index (χ4n) is 4.30. The zero-order valence-corrected chi connectivity index (χ0v) is 26.5. The molecule has 0 aliphatic carbocycles. The second-order valence-electron chi connectivity index (χ2n) is 10.3. The molecule has 0 spiro atoms. The maximum atomic E-state index is 15.6. The third-order valence-electron chi connectivity index (χ3n) is 6.68. The van der Waals surface area contributed by atoms with Crippen molar-refractivity contribution in [2.45, 2.75) is 39.5 Å². The van der Waals surface area contributed by atoms with E-state index in [0.717, 1.165) is 16.9 Å². The Labute approximate surface area is 261 Å². The van der Waals surface area contributed by atoms with Crippen LogP contribution in [0.25, 0.3) is 20.2 Å². The Bertz CT molecular complexity index is 1660. The number of hydrogen-bond donors (Lipinski definition) is 0. The van der Waals surface area contributed by atoms with Crippen LogP contribution >= 0.6 is 22.7 Å². The fourth-order valence-corrected chi connectivity index (χ4v) is 6.41. The van der Waals surface area contributed by atoms with Crippen LogP contribution in [0.1, 0.15) is 58.9 Å². The van der Waals surface area contributed by atoms with Crippen LogP contribution in [0.5, 0.6) is 23.0 Å². The number of benzene rings is 2. The standard InChI is InChI=1S/C33H32F2O7S2/c1-17(2)7-9-22(37)28-11-20-26(43-28)13-24(39-5)32(30(20)34)41-15-18(3)16-42-33-25(40-6)14-27-21(31(33)35)12-29(44-27)23(38)10-8-19(4)36/h11-14H,1,3,7-10,15-16H2,2,4-6H3. The Morgan fingerprint density at radius 3 is 1.52 bits per heavy atom. The molecule has 0 amide bonds. The highest BCUT2D eigenvalue weighted by Gasteiger charge is 2.23. The van der Waals surface area contributed by atoms with Gasteiger partial charge in [-0.15, -0.1) is 29.3 Å². The number of carbonyl (C=O) groups excluding carboxylic acids is 3. The smallest absolute Gasteiger partial charge is 0.198 e. The van der Waals surface area contributed by atoms with Gasteiger partial charge < -0.3 is 23.7 Å². The van der Waals surface area contributed by atoms with Crippen LogP contribution in [0, 0.1) is 11.6 Å². The Hall–Kier alpha value is -4.09. The highest BCUT2D eigenvalue weighted by molar-refractivity contribution is 7.21. The van der Waals surface area contributed by atoms with Crippen molar-refractivity contribution >= 4 is 60.2 Å². The monoisotopic (exact) mass is 642 g/mol. The van der Waals surface area contributed by atoms with Crippen molar-refractivity contribution in [3.8, 4) is 23.0 Å². The molecule has 0 N–H and O–H groups in total. The van der Waals surface area contributed by atoms with Crippen LogP contribution in [-0.4, -0.2) is 44.8 Å². The van der Waals surface area contributed by atoms with Crippen molar-refractivity contribution in [3.05, 3.63) is 70.0 Å². The molecule has 4 aromatic rings. The molecule has 0 atom stereocenters. The Morgan fingerprint density at radius 1 is 0.705 bits per heavy atom. The Kier molecular flexibility index (Phi) is 10.5. The number of allylic oxidation sites excluding steroid dienone is 1. The summed E-state index contributed by atoms with van der Waals surface area (Å²) in [5.41, 5.74) is 1.25. The van der Waals surface area contributed by atoms with Crippen LogP contribution < -0.4 is 18.9 Å². The first-order chi connectivity index (χ1) is 20.9. The number of halogens is 2. The van der Waals surface area contributed by atoms with Gasteiger partial charge in [0.15, 0.2) is 46.2 Å². The molecule has 0 unspecified atom stereocenters. The lowest BCUT2D eigenvalue weighted by Crippen LogP contribution is -2.11. The largest absolute Gasteiger partial charge is 0.493 e. The molecule has 2 aromatic carbocycles. The molecule has 7 nitrogen and oxygen atoms in total. The summed E-state index contributed by atoms with van der Waals surface area (Å²) in [6.07, 6.45) is 1.00. The van der Waals surface area contributed by atoms with E-state index in [-0.39, 0.29) is 83.6 Å². The summed E-state index contributed by atoms with van der Waals surface area (Å²) >= 11 is 2.29. The van der Waals surface area contributed by atoms with E-state index >= 15 is 8.78 Å². The quantitative estimate of drug-likeness (QED) is 0.0894. The molecule has 0 saturated heterocycles. The zero-order valence-electron chi connectivity index (χ0n) is 24.9. The van der Waals surface area contributed by atoms with E-state index in [9.17, 15) is 14.4 Å². The van der Waals surface area contributed by atoms with Gasteiger partial charge in [0.25, 0.3) is 0 Å². The Balaban J connectivity index is 1.48. The van der Waals surface area contributed by atoms with Crippen molar-refractivity contribution in [3.63, 3.8) is 0 Å². The van der Waals surface area contributed by atoms with Crippen molar-refractivity contribution in [2.75, 3.05) is 27.4 Å². The van der Waals surface area contributed by atoms with Crippen LogP contribution in [0.15, 0.2) is 48.6 Å². The highest BCUT2D eigenvalue weighted by Crippen LogP contribution is 2.42. The molecule has 0 bridgehead atoms. The van der Waals surface area contributed by atoms with Crippen molar-refractivity contribution in [1.29, 1.82) is 0 Å². The minimum Gasteiger partial charge on any atom is -0.493 e. The topological polar surface area (TPSA) is 88.1 Å². The van der Waals surface area contributed by atoms with Gasteiger partial charge in [-0.3, -0.25) is 9.59 Å². The predicted molar refractivity (Wildman–Crippen MR) is 169 cm³/mol. The van der Waals surface area contributed by atoms with Crippen molar-refractivity contribution in [2.24, 2.45) is 0 Å². The zero-order chi connectivity index (χ0) is 32.1. The number of rotatable bonds is 16. The number of methoxy groups -OCH3 is 2. The van der Waals surface area contributed by atoms with Crippen LogP contribution in [0.3, 0.4) is 0 Å². The van der Waals surface area contributed by atoms with Crippen molar-refractivity contribution < 1.29 is 42.1 Å². The second-order valence-corrected chi connectivity index (χ2v) is 12.5. The minimum atomic E-state index is -0.709. The summed E-state index contributed by atoms with van der Waals surface area (Å²) in [6, 6.07) is 6.14. The van der Waals surface area contributed by atoms with Gasteiger partial charge in [0, 0.05) is 51.6 Å². The van der Waals surface area contributed by atoms with E-state index in [0.29, 0.717) is 31.1 Å². The summed E-state index contributed by atoms with van der Waals surface area (Å²) in [5, 5.41) is 0.425. The first-order valence-corrected chi connectivity index (χ1v) is 15.3. The van der Waals surface area contributed by atoms with E-state index in [4.69, 9.17) is 18.9 Å². The molecule has 4 rings (SSSR count). The first-order valence-electron chi connectivity index (χ1n) is 13.7. The van der Waals surface area contributed by atoms with Gasteiger partial charge in [0.1, 0.15) is 19.0 Å². The number of thiophene rings is 2. The molecular formula is C33H32F2O7S2.